The van der Waals surface area contributed by atoms with Gasteiger partial charge >= 0.3 is 0 Å². The van der Waals surface area contributed by atoms with Crippen LogP contribution in [0.3, 0.4) is 0 Å². The van der Waals surface area contributed by atoms with Crippen LogP contribution in [-0.4, -0.2) is 28.0 Å². The van der Waals surface area contributed by atoms with Gasteiger partial charge in [0.15, 0.2) is 0 Å². The molecule has 0 spiro atoms. The number of fused-ring (bicyclic) bond motifs is 3. The molecule has 0 N–H and O–H groups in total. The monoisotopic (exact) mass is 360 g/mol. The van der Waals surface area contributed by atoms with Crippen LogP contribution in [0, 0.1) is 6.92 Å². The summed E-state index contributed by atoms with van der Waals surface area (Å²) in [6.45, 7) is 4.07. The molecule has 0 atom stereocenters. The van der Waals surface area contributed by atoms with Crippen LogP contribution < -0.4 is 0 Å². The average Bonchev–Trinajstić information content (AvgIpc) is 2.94. The summed E-state index contributed by atoms with van der Waals surface area (Å²) >= 11 is 0. The minimum absolute atomic E-state index is 0. The number of hydrogen-bond donors (Lipinski definition) is 0. The zero-order chi connectivity index (χ0) is 18.1. The number of aromatic nitrogens is 2. The SMILES string of the molecule is C.Cc1ccc2c(c1)c1c(n2/C=C(\N=[N+]=[N-])c2ccncc2)CCN(C)C1. The van der Waals surface area contributed by atoms with E-state index in [2.05, 4.69) is 56.6 Å². The first-order valence-electron chi connectivity index (χ1n) is 8.65. The minimum atomic E-state index is 0. The lowest BCUT2D eigenvalue weighted by Gasteiger charge is -2.23. The second-order valence-electron chi connectivity index (χ2n) is 6.74. The molecule has 138 valence electrons. The van der Waals surface area contributed by atoms with Gasteiger partial charge in [0.2, 0.25) is 0 Å². The van der Waals surface area contributed by atoms with Gasteiger partial charge in [-0.2, -0.15) is 0 Å². The van der Waals surface area contributed by atoms with Gasteiger partial charge in [0.1, 0.15) is 0 Å². The highest BCUT2D eigenvalue weighted by molar-refractivity contribution is 5.90. The fraction of sp³-hybridized carbons (Fsp3) is 0.286. The van der Waals surface area contributed by atoms with Gasteiger partial charge in [-0.1, -0.05) is 24.2 Å². The summed E-state index contributed by atoms with van der Waals surface area (Å²) in [7, 11) is 2.15. The Bertz CT molecular complexity index is 1040. The number of azide groups is 1. The van der Waals surface area contributed by atoms with Crippen molar-refractivity contribution in [3.63, 3.8) is 0 Å². The molecule has 0 saturated carbocycles. The lowest BCUT2D eigenvalue weighted by Crippen LogP contribution is -2.26. The van der Waals surface area contributed by atoms with Crippen molar-refractivity contribution < 1.29 is 0 Å². The lowest BCUT2D eigenvalue weighted by molar-refractivity contribution is 0.312. The molecule has 6 heteroatoms. The highest BCUT2D eigenvalue weighted by atomic mass is 15.2. The standard InChI is InChI=1S/C20H20N6.CH4/c1-14-3-4-19-16(11-14)17-12-25(2)10-7-20(17)26(19)13-18(23-24-21)15-5-8-22-9-6-15;/h3-6,8-9,11,13H,7,10,12H2,1-2H3;1H4/b18-13-;. The van der Waals surface area contributed by atoms with Gasteiger partial charge in [-0.3, -0.25) is 4.98 Å². The quantitative estimate of drug-likeness (QED) is 0.364. The zero-order valence-corrected chi connectivity index (χ0v) is 14.9. The summed E-state index contributed by atoms with van der Waals surface area (Å²) in [4.78, 5) is 9.42. The molecule has 0 radical (unpaired) electrons. The van der Waals surface area contributed by atoms with E-state index in [0.717, 1.165) is 30.6 Å². The van der Waals surface area contributed by atoms with Crippen LogP contribution in [0.2, 0.25) is 0 Å². The van der Waals surface area contributed by atoms with Crippen LogP contribution in [0.15, 0.2) is 47.8 Å². The molecule has 0 amide bonds. The number of benzene rings is 1. The normalized spacial score (nSPS) is 14.4. The average molecular weight is 360 g/mol. The van der Waals surface area contributed by atoms with Gasteiger partial charge in [-0.25, -0.2) is 0 Å². The number of rotatable bonds is 3. The minimum Gasteiger partial charge on any atom is -0.319 e. The van der Waals surface area contributed by atoms with Crippen molar-refractivity contribution in [2.45, 2.75) is 27.3 Å². The van der Waals surface area contributed by atoms with Crippen LogP contribution in [0.25, 0.3) is 33.2 Å². The van der Waals surface area contributed by atoms with Gasteiger partial charge in [0.25, 0.3) is 0 Å². The molecule has 0 aliphatic carbocycles. The van der Waals surface area contributed by atoms with Crippen LogP contribution in [0.5, 0.6) is 0 Å². The van der Waals surface area contributed by atoms with Crippen molar-refractivity contribution >= 4 is 22.8 Å². The van der Waals surface area contributed by atoms with Gasteiger partial charge < -0.3 is 9.47 Å². The van der Waals surface area contributed by atoms with Gasteiger partial charge in [-0.15, -0.1) is 0 Å². The van der Waals surface area contributed by atoms with E-state index in [-0.39, 0.29) is 7.43 Å². The number of hydrogen-bond acceptors (Lipinski definition) is 3. The van der Waals surface area contributed by atoms with Crippen molar-refractivity contribution in [3.8, 4) is 0 Å². The second kappa shape index (κ2) is 7.66. The Morgan fingerprint density at radius 2 is 2.04 bits per heavy atom. The van der Waals surface area contributed by atoms with Crippen molar-refractivity contribution in [3.05, 3.63) is 75.6 Å². The molecule has 1 aliphatic rings. The summed E-state index contributed by atoms with van der Waals surface area (Å²) in [6, 6.07) is 10.2. The molecule has 1 aromatic carbocycles. The molecule has 0 unspecified atom stereocenters. The maximum Gasteiger partial charge on any atom is 0.0615 e. The van der Waals surface area contributed by atoms with E-state index in [1.54, 1.807) is 12.4 Å². The van der Waals surface area contributed by atoms with Crippen LogP contribution in [-0.2, 0) is 13.0 Å². The van der Waals surface area contributed by atoms with Crippen LogP contribution in [0.1, 0.15) is 29.8 Å². The summed E-state index contributed by atoms with van der Waals surface area (Å²) in [5.41, 5.74) is 15.5. The maximum absolute atomic E-state index is 9.04. The first kappa shape index (κ1) is 18.7. The third-order valence-electron chi connectivity index (χ3n) is 4.91. The predicted molar refractivity (Wildman–Crippen MR) is 111 cm³/mol. The number of nitrogens with zero attached hydrogens (tertiary/aromatic N) is 6. The van der Waals surface area contributed by atoms with Gasteiger partial charge in [-0.05, 0) is 54.9 Å². The summed E-state index contributed by atoms with van der Waals surface area (Å²) in [5, 5.41) is 5.22. The van der Waals surface area contributed by atoms with E-state index in [1.807, 2.05) is 18.3 Å². The fourth-order valence-corrected chi connectivity index (χ4v) is 3.64. The first-order valence-corrected chi connectivity index (χ1v) is 8.65. The third kappa shape index (κ3) is 3.45. The van der Waals surface area contributed by atoms with Crippen LogP contribution >= 0.6 is 0 Å². The van der Waals surface area contributed by atoms with E-state index in [0.29, 0.717) is 5.70 Å². The fourth-order valence-electron chi connectivity index (χ4n) is 3.64. The summed E-state index contributed by atoms with van der Waals surface area (Å²) in [5.74, 6) is 0. The molecule has 27 heavy (non-hydrogen) atoms. The highest BCUT2D eigenvalue weighted by Crippen LogP contribution is 2.33. The highest BCUT2D eigenvalue weighted by Gasteiger charge is 2.22. The predicted octanol–water partition coefficient (Wildman–Crippen LogP) is 5.23. The zero-order valence-electron chi connectivity index (χ0n) is 14.9. The van der Waals surface area contributed by atoms with E-state index in [4.69, 9.17) is 5.53 Å². The summed E-state index contributed by atoms with van der Waals surface area (Å²) in [6.07, 6.45) is 6.34. The molecular formula is C21H24N6. The van der Waals surface area contributed by atoms with Crippen molar-refractivity contribution in [2.24, 2.45) is 5.11 Å². The molecule has 2 aromatic heterocycles. The molecule has 3 heterocycles. The Kier molecular flexibility index (Phi) is 5.31. The van der Waals surface area contributed by atoms with Crippen molar-refractivity contribution in [2.75, 3.05) is 13.6 Å². The molecule has 0 bridgehead atoms. The molecule has 0 saturated heterocycles. The van der Waals surface area contributed by atoms with Crippen molar-refractivity contribution in [1.82, 2.24) is 14.5 Å². The summed E-state index contributed by atoms with van der Waals surface area (Å²) < 4.78 is 2.20. The number of pyridine rings is 1. The van der Waals surface area contributed by atoms with E-state index >= 15 is 0 Å². The lowest BCUT2D eigenvalue weighted by atomic mass is 10.0. The molecule has 0 fully saturated rings. The maximum atomic E-state index is 9.04. The smallest absolute Gasteiger partial charge is 0.0615 e. The molecule has 1 aliphatic heterocycles. The Balaban J connectivity index is 0.00000210. The van der Waals surface area contributed by atoms with E-state index < -0.39 is 0 Å². The van der Waals surface area contributed by atoms with E-state index in [9.17, 15) is 0 Å². The number of aryl methyl sites for hydroxylation is 1. The van der Waals surface area contributed by atoms with Gasteiger partial charge in [0, 0.05) is 54.1 Å². The Hall–Kier alpha value is -3.08. The molecule has 6 nitrogen and oxygen atoms in total. The topological polar surface area (TPSA) is 69.8 Å². The van der Waals surface area contributed by atoms with Gasteiger partial charge in [0.05, 0.1) is 11.2 Å². The van der Waals surface area contributed by atoms with Crippen molar-refractivity contribution in [1.29, 1.82) is 0 Å². The number of likely N-dealkylation sites (N-methyl/N-ethyl adjacent to an activating group) is 1. The largest absolute Gasteiger partial charge is 0.319 e. The van der Waals surface area contributed by atoms with Crippen LogP contribution in [0.4, 0.5) is 0 Å². The molecular weight excluding hydrogens is 336 g/mol. The Labute approximate surface area is 159 Å². The Morgan fingerprint density at radius 3 is 2.78 bits per heavy atom. The van der Waals surface area contributed by atoms with E-state index in [1.165, 1.54) is 22.2 Å². The Morgan fingerprint density at radius 1 is 1.26 bits per heavy atom. The molecule has 4 rings (SSSR count). The third-order valence-corrected chi connectivity index (χ3v) is 4.91. The second-order valence-corrected chi connectivity index (χ2v) is 6.74. The first-order chi connectivity index (χ1) is 12.7. The molecule has 3 aromatic rings.